The Morgan fingerprint density at radius 3 is 1.59 bits per heavy atom. The van der Waals surface area contributed by atoms with Crippen LogP contribution in [0.15, 0.2) is 47.6 Å². The number of nitrogens with zero attached hydrogens (tertiary/aromatic N) is 2. The van der Waals surface area contributed by atoms with Gasteiger partial charge in [-0.3, -0.25) is 19.2 Å². The minimum atomic E-state index is -0.750. The Balaban J connectivity index is 1.00. The third-order valence-electron chi connectivity index (χ3n) is 25.1. The van der Waals surface area contributed by atoms with Crippen molar-refractivity contribution in [3.8, 4) is 12.1 Å². The average molecular weight is 939 g/mol. The zero-order valence-corrected chi connectivity index (χ0v) is 44.8. The molecule has 7 fully saturated rings. The molecular formula is C62H86N2O5. The fourth-order valence-corrected chi connectivity index (χ4v) is 21.0. The fraction of sp³-hybridized carbons (Fsp3) is 0.774. The number of ether oxygens (including phenoxy) is 1. The summed E-state index contributed by atoms with van der Waals surface area (Å²) < 4.78 is 6.46. The summed E-state index contributed by atoms with van der Waals surface area (Å²) in [5.74, 6) is 0.976. The molecule has 0 spiro atoms. The zero-order valence-electron chi connectivity index (χ0n) is 44.8. The molecule has 7 heteroatoms. The van der Waals surface area contributed by atoms with E-state index in [9.17, 15) is 20.1 Å². The van der Waals surface area contributed by atoms with Crippen molar-refractivity contribution in [2.45, 2.75) is 192 Å². The first-order chi connectivity index (χ1) is 32.1. The first-order valence-corrected chi connectivity index (χ1v) is 27.5. The Morgan fingerprint density at radius 1 is 0.565 bits per heavy atom. The molecule has 7 nitrogen and oxygen atoms in total. The first kappa shape index (κ1) is 50.4. The number of rotatable bonds is 4. The molecule has 0 heterocycles. The van der Waals surface area contributed by atoms with Crippen molar-refractivity contribution in [2.24, 2.45) is 108 Å². The second kappa shape index (κ2) is 16.2. The lowest BCUT2D eigenvalue weighted by molar-refractivity contribution is -0.223. The van der Waals surface area contributed by atoms with E-state index in [1.807, 2.05) is 0 Å². The molecule has 0 amide bonds. The maximum absolute atomic E-state index is 15.4. The number of carbonyl (C=O) groups excluding carboxylic acids is 4. The molecule has 0 N–H and O–H groups in total. The molecule has 0 radical (unpaired) electrons. The smallest absolute Gasteiger partial charge is 0.320 e. The third kappa shape index (κ3) is 6.64. The predicted octanol–water partition coefficient (Wildman–Crippen LogP) is 14.2. The van der Waals surface area contributed by atoms with Gasteiger partial charge in [0.2, 0.25) is 0 Å². The van der Waals surface area contributed by atoms with Crippen molar-refractivity contribution in [3.05, 3.63) is 47.6 Å². The van der Waals surface area contributed by atoms with Crippen LogP contribution in [0.25, 0.3) is 0 Å². The minimum Gasteiger partial charge on any atom is -0.393 e. The van der Waals surface area contributed by atoms with E-state index in [2.05, 4.69) is 121 Å². The number of ketones is 2. The van der Waals surface area contributed by atoms with Crippen LogP contribution in [-0.2, 0) is 23.9 Å². The van der Waals surface area contributed by atoms with Gasteiger partial charge in [0.05, 0.1) is 22.5 Å². The molecule has 0 bridgehead atoms. The summed E-state index contributed by atoms with van der Waals surface area (Å²) in [4.78, 5) is 57.7. The van der Waals surface area contributed by atoms with Crippen LogP contribution in [0, 0.1) is 131 Å². The lowest BCUT2D eigenvalue weighted by Gasteiger charge is -2.71. The van der Waals surface area contributed by atoms with Gasteiger partial charge in [-0.25, -0.2) is 0 Å². The van der Waals surface area contributed by atoms with Gasteiger partial charge < -0.3 is 4.74 Å². The van der Waals surface area contributed by atoms with Crippen LogP contribution >= 0.6 is 0 Å². The van der Waals surface area contributed by atoms with Crippen LogP contribution in [0.5, 0.6) is 0 Å². The van der Waals surface area contributed by atoms with Crippen LogP contribution in [0.4, 0.5) is 0 Å². The van der Waals surface area contributed by atoms with Gasteiger partial charge in [-0.2, -0.15) is 10.5 Å². The second-order valence-electron chi connectivity index (χ2n) is 28.1. The zero-order chi connectivity index (χ0) is 50.4. The van der Waals surface area contributed by atoms with Crippen molar-refractivity contribution >= 4 is 23.5 Å². The number of hydrogen-bond acceptors (Lipinski definition) is 7. The highest BCUT2D eigenvalue weighted by molar-refractivity contribution is 6.04. The van der Waals surface area contributed by atoms with Gasteiger partial charge in [-0.05, 0) is 209 Å². The second-order valence-corrected chi connectivity index (χ2v) is 28.1. The van der Waals surface area contributed by atoms with Crippen LogP contribution in [0.1, 0.15) is 192 Å². The number of esters is 2. The summed E-state index contributed by atoms with van der Waals surface area (Å²) in [7, 11) is 0. The van der Waals surface area contributed by atoms with Gasteiger partial charge in [-0.1, -0.05) is 106 Å². The lowest BCUT2D eigenvalue weighted by Crippen LogP contribution is -2.66. The third-order valence-corrected chi connectivity index (χ3v) is 25.1. The molecular weight excluding hydrogens is 853 g/mol. The average Bonchev–Trinajstić information content (AvgIpc) is 3.71. The van der Waals surface area contributed by atoms with Gasteiger partial charge in [-0.15, -0.1) is 0 Å². The van der Waals surface area contributed by atoms with E-state index in [1.54, 1.807) is 0 Å². The SMILES string of the molecule is C=C(C)C1CCC(C(=O)OC(=O)C23CCC(C(=C)C)C2C2CCC4C5(C)C=C(C#N)C(=O)C(C)(C)C5CCC4(C)C2(C)CC3)CCC2(C)C(CCC3C4(C)C=C(C#N)C(=O)C(C)(C)C4CCC32C)C1. The summed E-state index contributed by atoms with van der Waals surface area (Å²) in [6, 6.07) is 4.61. The maximum Gasteiger partial charge on any atom is 0.320 e. The molecule has 17 unspecified atom stereocenters. The van der Waals surface area contributed by atoms with Gasteiger partial charge in [0.1, 0.15) is 12.1 Å². The molecule has 9 rings (SSSR count). The molecule has 69 heavy (non-hydrogen) atoms. The van der Waals surface area contributed by atoms with E-state index in [0.717, 1.165) is 94.6 Å². The number of Topliss-reactive ketones (excluding diaryl/α,β-unsaturated/α-hetero) is 2. The van der Waals surface area contributed by atoms with Crippen LogP contribution in [0.3, 0.4) is 0 Å². The molecule has 9 aliphatic carbocycles. The van der Waals surface area contributed by atoms with Crippen LogP contribution in [-0.4, -0.2) is 23.5 Å². The Hall–Kier alpha value is -3.58. The van der Waals surface area contributed by atoms with E-state index >= 15 is 9.59 Å². The summed E-state index contributed by atoms with van der Waals surface area (Å²) in [5.41, 5.74) is 0.0101. The molecule has 17 atom stereocenters. The highest BCUT2D eigenvalue weighted by Gasteiger charge is 2.73. The molecule has 9 aliphatic rings. The quantitative estimate of drug-likeness (QED) is 0.156. The largest absolute Gasteiger partial charge is 0.393 e. The normalized spacial score (nSPS) is 48.4. The highest BCUT2D eigenvalue weighted by atomic mass is 16.6. The Kier molecular flexibility index (Phi) is 11.8. The van der Waals surface area contributed by atoms with Crippen molar-refractivity contribution in [1.82, 2.24) is 0 Å². The van der Waals surface area contributed by atoms with Crippen molar-refractivity contribution in [1.29, 1.82) is 10.5 Å². The Morgan fingerprint density at radius 2 is 1.07 bits per heavy atom. The fourth-order valence-electron chi connectivity index (χ4n) is 21.0. The molecule has 0 aliphatic heterocycles. The van der Waals surface area contributed by atoms with Gasteiger partial charge >= 0.3 is 11.9 Å². The molecule has 0 aromatic heterocycles. The molecule has 374 valence electrons. The summed E-state index contributed by atoms with van der Waals surface area (Å²) in [6.45, 7) is 36.3. The van der Waals surface area contributed by atoms with Crippen LogP contribution < -0.4 is 0 Å². The molecule has 7 saturated carbocycles. The van der Waals surface area contributed by atoms with Gasteiger partial charge in [0.25, 0.3) is 0 Å². The van der Waals surface area contributed by atoms with Crippen molar-refractivity contribution < 1.29 is 23.9 Å². The van der Waals surface area contributed by atoms with Crippen molar-refractivity contribution in [3.63, 3.8) is 0 Å². The first-order valence-electron chi connectivity index (χ1n) is 27.5. The summed E-state index contributed by atoms with van der Waals surface area (Å²) in [5, 5.41) is 20.5. The lowest BCUT2D eigenvalue weighted by atomic mass is 9.32. The molecule has 0 aromatic carbocycles. The highest BCUT2D eigenvalue weighted by Crippen LogP contribution is 2.78. The minimum absolute atomic E-state index is 0.0175. The molecule has 0 saturated heterocycles. The maximum atomic E-state index is 15.4. The van der Waals surface area contributed by atoms with E-state index in [4.69, 9.17) is 4.74 Å². The Labute approximate surface area is 416 Å². The number of nitriles is 2. The number of fused-ring (bicyclic) bond motifs is 12. The predicted molar refractivity (Wildman–Crippen MR) is 270 cm³/mol. The topological polar surface area (TPSA) is 125 Å². The van der Waals surface area contributed by atoms with Gasteiger partial charge in [0, 0.05) is 10.8 Å². The van der Waals surface area contributed by atoms with E-state index < -0.39 is 22.2 Å². The number of allylic oxidation sites excluding steroid dienone is 6. The van der Waals surface area contributed by atoms with Gasteiger partial charge in [0.15, 0.2) is 11.6 Å². The Bertz CT molecular complexity index is 2420. The monoisotopic (exact) mass is 939 g/mol. The van der Waals surface area contributed by atoms with E-state index in [-0.39, 0.29) is 97.4 Å². The van der Waals surface area contributed by atoms with E-state index in [0.29, 0.717) is 48.7 Å². The van der Waals surface area contributed by atoms with Crippen LogP contribution in [0.2, 0.25) is 0 Å². The molecule has 0 aromatic rings. The van der Waals surface area contributed by atoms with E-state index in [1.165, 1.54) is 0 Å². The number of carbonyl (C=O) groups is 4. The standard InChI is InChI=1S/C62H86N2O5/c1-36(2)39-16-15-38(21-25-58(11)42(31-39)17-19-47-56(9)32-40(34-63)50(65)54(5,6)45(56)23-26-60(47,58)13)52(67)69-53(68)62-28-22-43(37(3)4)49(62)44-18-20-48-57(10)33-41(35-64)51(66)55(7,8)46(57)24-27-61(48,14)59(44,12)29-30-62/h32-33,38-39,42-49H,1,3,15-31H2,2,4-14H3. The number of hydrogen-bond donors (Lipinski definition) is 0. The van der Waals surface area contributed by atoms with Crippen molar-refractivity contribution in [2.75, 3.05) is 0 Å². The summed E-state index contributed by atoms with van der Waals surface area (Å²) in [6.07, 6.45) is 19.4. The summed E-state index contributed by atoms with van der Waals surface area (Å²) >= 11 is 0.